The number of anilines is 1. The molecule has 24 heavy (non-hydrogen) atoms. The van der Waals surface area contributed by atoms with Gasteiger partial charge in [0.05, 0.1) is 6.04 Å². The number of nitrogens with zero attached hydrogens (tertiary/aromatic N) is 1. The molecule has 3 atom stereocenters. The van der Waals surface area contributed by atoms with Gasteiger partial charge in [-0.3, -0.25) is 9.69 Å². The number of aliphatic hydroxyl groups is 1. The lowest BCUT2D eigenvalue weighted by Crippen LogP contribution is -2.51. The fourth-order valence-electron chi connectivity index (χ4n) is 3.48. The SMILES string of the molecule is CCC(C)c1ccccc1NC(=O)C(C)N1CCCC(C)(CO)C1. The first kappa shape index (κ1) is 18.9. The summed E-state index contributed by atoms with van der Waals surface area (Å²) in [6.07, 6.45) is 3.09. The molecule has 1 aliphatic rings. The summed E-state index contributed by atoms with van der Waals surface area (Å²) in [6.45, 7) is 10.3. The molecular formula is C20H32N2O2. The molecule has 0 aromatic heterocycles. The molecule has 134 valence electrons. The van der Waals surface area contributed by atoms with Gasteiger partial charge in [-0.05, 0) is 50.3 Å². The molecule has 1 amide bonds. The zero-order valence-corrected chi connectivity index (χ0v) is 15.5. The Kier molecular flexibility index (Phi) is 6.41. The van der Waals surface area contributed by atoms with Crippen molar-refractivity contribution in [2.24, 2.45) is 5.41 Å². The van der Waals surface area contributed by atoms with E-state index in [2.05, 4.69) is 37.1 Å². The second-order valence-electron chi connectivity index (χ2n) is 7.60. The summed E-state index contributed by atoms with van der Waals surface area (Å²) in [5.41, 5.74) is 2.02. The molecule has 1 aromatic carbocycles. The summed E-state index contributed by atoms with van der Waals surface area (Å²) in [5, 5.41) is 12.7. The Hall–Kier alpha value is -1.39. The van der Waals surface area contributed by atoms with E-state index in [1.165, 1.54) is 5.56 Å². The highest BCUT2D eigenvalue weighted by atomic mass is 16.3. The molecule has 4 heteroatoms. The first-order valence-electron chi connectivity index (χ1n) is 9.15. The molecule has 1 aromatic rings. The first-order valence-corrected chi connectivity index (χ1v) is 9.15. The summed E-state index contributed by atoms with van der Waals surface area (Å²) in [7, 11) is 0. The topological polar surface area (TPSA) is 52.6 Å². The lowest BCUT2D eigenvalue weighted by atomic mass is 9.82. The number of piperidine rings is 1. The average Bonchev–Trinajstić information content (AvgIpc) is 2.60. The Morgan fingerprint density at radius 3 is 2.75 bits per heavy atom. The van der Waals surface area contributed by atoms with Gasteiger partial charge in [0.1, 0.15) is 0 Å². The van der Waals surface area contributed by atoms with Crippen LogP contribution in [0.1, 0.15) is 58.4 Å². The van der Waals surface area contributed by atoms with Crippen molar-refractivity contribution in [1.82, 2.24) is 4.90 Å². The van der Waals surface area contributed by atoms with Crippen molar-refractivity contribution < 1.29 is 9.90 Å². The van der Waals surface area contributed by atoms with Crippen LogP contribution in [0.15, 0.2) is 24.3 Å². The van der Waals surface area contributed by atoms with Gasteiger partial charge in [-0.2, -0.15) is 0 Å². The largest absolute Gasteiger partial charge is 0.396 e. The fraction of sp³-hybridized carbons (Fsp3) is 0.650. The van der Waals surface area contributed by atoms with Gasteiger partial charge in [0.2, 0.25) is 5.91 Å². The summed E-state index contributed by atoms with van der Waals surface area (Å²) in [4.78, 5) is 15.0. The number of benzene rings is 1. The molecule has 4 nitrogen and oxygen atoms in total. The van der Waals surface area contributed by atoms with Crippen LogP contribution in [-0.4, -0.2) is 41.7 Å². The molecule has 2 N–H and O–H groups in total. The van der Waals surface area contributed by atoms with Crippen molar-refractivity contribution in [3.8, 4) is 0 Å². The molecule has 1 fully saturated rings. The highest BCUT2D eigenvalue weighted by molar-refractivity contribution is 5.95. The predicted octanol–water partition coefficient (Wildman–Crippen LogP) is 3.62. The predicted molar refractivity (Wildman–Crippen MR) is 99.2 cm³/mol. The van der Waals surface area contributed by atoms with E-state index in [4.69, 9.17) is 0 Å². The maximum Gasteiger partial charge on any atom is 0.241 e. The van der Waals surface area contributed by atoms with Crippen molar-refractivity contribution in [1.29, 1.82) is 0 Å². The maximum atomic E-state index is 12.8. The number of amides is 1. The second-order valence-corrected chi connectivity index (χ2v) is 7.60. The molecular weight excluding hydrogens is 300 g/mol. The van der Waals surface area contributed by atoms with Crippen LogP contribution in [0, 0.1) is 5.41 Å². The summed E-state index contributed by atoms with van der Waals surface area (Å²) < 4.78 is 0. The van der Waals surface area contributed by atoms with Crippen LogP contribution in [0.4, 0.5) is 5.69 Å². The van der Waals surface area contributed by atoms with Gasteiger partial charge in [-0.25, -0.2) is 0 Å². The van der Waals surface area contributed by atoms with Crippen molar-refractivity contribution in [3.63, 3.8) is 0 Å². The van der Waals surface area contributed by atoms with E-state index < -0.39 is 0 Å². The van der Waals surface area contributed by atoms with Crippen molar-refractivity contribution in [2.75, 3.05) is 25.0 Å². The Bertz CT molecular complexity index is 560. The second kappa shape index (κ2) is 8.13. The van der Waals surface area contributed by atoms with Crippen molar-refractivity contribution in [2.45, 2.75) is 58.9 Å². The molecule has 0 aliphatic carbocycles. The number of carbonyl (C=O) groups excluding carboxylic acids is 1. The van der Waals surface area contributed by atoms with E-state index in [0.29, 0.717) is 5.92 Å². The third-order valence-electron chi connectivity index (χ3n) is 5.48. The minimum atomic E-state index is -0.193. The van der Waals surface area contributed by atoms with Crippen LogP contribution < -0.4 is 5.32 Å². The molecule has 1 heterocycles. The van der Waals surface area contributed by atoms with E-state index >= 15 is 0 Å². The van der Waals surface area contributed by atoms with Gasteiger partial charge >= 0.3 is 0 Å². The lowest BCUT2D eigenvalue weighted by molar-refractivity contribution is -0.122. The quantitative estimate of drug-likeness (QED) is 0.836. The zero-order valence-electron chi connectivity index (χ0n) is 15.5. The van der Waals surface area contributed by atoms with Gasteiger partial charge in [0.15, 0.2) is 0 Å². The highest BCUT2D eigenvalue weighted by Crippen LogP contribution is 2.30. The average molecular weight is 332 g/mol. The van der Waals surface area contributed by atoms with E-state index in [9.17, 15) is 9.90 Å². The monoisotopic (exact) mass is 332 g/mol. The van der Waals surface area contributed by atoms with Crippen LogP contribution in [0.2, 0.25) is 0 Å². The van der Waals surface area contributed by atoms with Crippen LogP contribution in [-0.2, 0) is 4.79 Å². The van der Waals surface area contributed by atoms with Crippen molar-refractivity contribution >= 4 is 11.6 Å². The van der Waals surface area contributed by atoms with E-state index in [-0.39, 0.29) is 24.0 Å². The third kappa shape index (κ3) is 4.37. The number of hydrogen-bond acceptors (Lipinski definition) is 3. The molecule has 0 radical (unpaired) electrons. The van der Waals surface area contributed by atoms with Crippen LogP contribution in [0.3, 0.4) is 0 Å². The van der Waals surface area contributed by atoms with Gasteiger partial charge in [0.25, 0.3) is 0 Å². The highest BCUT2D eigenvalue weighted by Gasteiger charge is 2.34. The number of carbonyl (C=O) groups is 1. The molecule has 3 unspecified atom stereocenters. The number of hydrogen-bond donors (Lipinski definition) is 2. The molecule has 0 saturated carbocycles. The number of rotatable bonds is 6. The third-order valence-corrected chi connectivity index (χ3v) is 5.48. The Morgan fingerprint density at radius 1 is 1.38 bits per heavy atom. The molecule has 0 bridgehead atoms. The van der Waals surface area contributed by atoms with Gasteiger partial charge in [-0.15, -0.1) is 0 Å². The number of para-hydroxylation sites is 1. The molecule has 1 saturated heterocycles. The van der Waals surface area contributed by atoms with E-state index in [1.54, 1.807) is 0 Å². The zero-order chi connectivity index (χ0) is 17.7. The van der Waals surface area contributed by atoms with E-state index in [1.807, 2.05) is 25.1 Å². The normalized spacial score (nSPS) is 24.4. The van der Waals surface area contributed by atoms with Gasteiger partial charge in [-0.1, -0.05) is 39.0 Å². The van der Waals surface area contributed by atoms with Crippen molar-refractivity contribution in [3.05, 3.63) is 29.8 Å². The van der Waals surface area contributed by atoms with E-state index in [0.717, 1.165) is 38.0 Å². The Labute approximate surface area is 146 Å². The summed E-state index contributed by atoms with van der Waals surface area (Å²) in [6, 6.07) is 7.88. The number of nitrogens with one attached hydrogen (secondary N) is 1. The minimum absolute atomic E-state index is 0.0351. The van der Waals surface area contributed by atoms with Crippen LogP contribution >= 0.6 is 0 Å². The summed E-state index contributed by atoms with van der Waals surface area (Å²) in [5.74, 6) is 0.456. The smallest absolute Gasteiger partial charge is 0.241 e. The minimum Gasteiger partial charge on any atom is -0.396 e. The van der Waals surface area contributed by atoms with Gasteiger partial charge < -0.3 is 10.4 Å². The molecule has 2 rings (SSSR count). The lowest BCUT2D eigenvalue weighted by Gasteiger charge is -2.41. The van der Waals surface area contributed by atoms with Gasteiger partial charge in [0, 0.05) is 24.3 Å². The Morgan fingerprint density at radius 2 is 2.08 bits per heavy atom. The number of aliphatic hydroxyl groups excluding tert-OH is 1. The standard InChI is InChI=1S/C20H32N2O2/c1-5-15(2)17-9-6-7-10-18(17)21-19(24)16(3)22-12-8-11-20(4,13-22)14-23/h6-7,9-10,15-16,23H,5,8,11-14H2,1-4H3,(H,21,24). The Balaban J connectivity index is 2.07. The number of likely N-dealkylation sites (tertiary alicyclic amines) is 1. The van der Waals surface area contributed by atoms with Crippen LogP contribution in [0.5, 0.6) is 0 Å². The summed E-state index contributed by atoms with van der Waals surface area (Å²) >= 11 is 0. The molecule has 0 spiro atoms. The maximum absolute atomic E-state index is 12.8. The molecule has 1 aliphatic heterocycles. The fourth-order valence-corrected chi connectivity index (χ4v) is 3.48. The van der Waals surface area contributed by atoms with Crippen LogP contribution in [0.25, 0.3) is 0 Å². The first-order chi connectivity index (χ1) is 11.4.